The summed E-state index contributed by atoms with van der Waals surface area (Å²) in [7, 11) is 1.55. The molecule has 2 heterocycles. The maximum absolute atomic E-state index is 13.2. The third-order valence-corrected chi connectivity index (χ3v) is 5.02. The minimum Gasteiger partial charge on any atom is -0.497 e. The van der Waals surface area contributed by atoms with Crippen molar-refractivity contribution < 1.29 is 27.2 Å². The Balaban J connectivity index is 1.50. The van der Waals surface area contributed by atoms with Gasteiger partial charge in [-0.2, -0.15) is 18.2 Å². The second kappa shape index (κ2) is 7.81. The van der Waals surface area contributed by atoms with Crippen molar-refractivity contribution >= 4 is 5.91 Å². The molecule has 0 saturated carbocycles. The lowest BCUT2D eigenvalue weighted by Gasteiger charge is -2.19. The maximum Gasteiger partial charge on any atom is 0.416 e. The molecule has 1 atom stereocenters. The van der Waals surface area contributed by atoms with Crippen LogP contribution in [0.2, 0.25) is 0 Å². The topological polar surface area (TPSA) is 68.5 Å². The van der Waals surface area contributed by atoms with E-state index in [0.29, 0.717) is 17.1 Å². The van der Waals surface area contributed by atoms with Crippen LogP contribution in [0.15, 0.2) is 53.1 Å². The first kappa shape index (κ1) is 19.9. The predicted octanol–water partition coefficient (Wildman–Crippen LogP) is 4.28. The molecule has 2 aromatic carbocycles. The highest BCUT2D eigenvalue weighted by Gasteiger charge is 2.37. The van der Waals surface area contributed by atoms with Crippen molar-refractivity contribution in [2.24, 2.45) is 0 Å². The molecule has 0 radical (unpaired) electrons. The van der Waals surface area contributed by atoms with Crippen molar-refractivity contribution in [1.29, 1.82) is 0 Å². The zero-order valence-corrected chi connectivity index (χ0v) is 16.0. The van der Waals surface area contributed by atoms with E-state index >= 15 is 0 Å². The van der Waals surface area contributed by atoms with Crippen LogP contribution < -0.4 is 4.74 Å². The van der Waals surface area contributed by atoms with Gasteiger partial charge < -0.3 is 14.2 Å². The molecule has 1 aromatic heterocycles. The number of likely N-dealkylation sites (tertiary alicyclic amines) is 1. The number of aromatic nitrogens is 2. The van der Waals surface area contributed by atoms with E-state index in [0.717, 1.165) is 6.07 Å². The molecule has 0 aliphatic carbocycles. The van der Waals surface area contributed by atoms with Gasteiger partial charge in [0.05, 0.1) is 12.7 Å². The lowest BCUT2D eigenvalue weighted by molar-refractivity contribution is -0.139. The molecule has 9 heteroatoms. The molecule has 4 rings (SSSR count). The molecule has 1 unspecified atom stereocenters. The van der Waals surface area contributed by atoms with E-state index in [1.165, 1.54) is 23.1 Å². The summed E-state index contributed by atoms with van der Waals surface area (Å²) in [4.78, 5) is 18.2. The van der Waals surface area contributed by atoms with Gasteiger partial charge in [0.15, 0.2) is 5.82 Å². The van der Waals surface area contributed by atoms with Gasteiger partial charge in [-0.05, 0) is 29.8 Å². The number of amides is 1. The Morgan fingerprint density at radius 3 is 2.77 bits per heavy atom. The Morgan fingerprint density at radius 2 is 2.00 bits per heavy atom. The van der Waals surface area contributed by atoms with Gasteiger partial charge in [-0.25, -0.2) is 0 Å². The van der Waals surface area contributed by atoms with Crippen molar-refractivity contribution in [3.05, 3.63) is 65.5 Å². The molecule has 0 spiro atoms. The lowest BCUT2D eigenvalue weighted by Crippen LogP contribution is -2.26. The summed E-state index contributed by atoms with van der Waals surface area (Å²) in [6, 6.07) is 12.4. The number of rotatable bonds is 5. The lowest BCUT2D eigenvalue weighted by atomic mass is 10.1. The Bertz CT molecular complexity index is 1060. The molecular formula is C21H18F3N3O3. The van der Waals surface area contributed by atoms with Gasteiger partial charge in [-0.3, -0.25) is 4.79 Å². The number of methoxy groups -OCH3 is 1. The molecule has 1 fully saturated rings. The van der Waals surface area contributed by atoms with E-state index in [4.69, 9.17) is 9.26 Å². The Kier molecular flexibility index (Phi) is 5.19. The minimum atomic E-state index is -4.47. The van der Waals surface area contributed by atoms with E-state index in [1.54, 1.807) is 31.4 Å². The quantitative estimate of drug-likeness (QED) is 0.620. The second-order valence-electron chi connectivity index (χ2n) is 7.02. The van der Waals surface area contributed by atoms with Crippen molar-refractivity contribution in [1.82, 2.24) is 15.0 Å². The molecule has 3 aromatic rings. The van der Waals surface area contributed by atoms with Gasteiger partial charge in [0, 0.05) is 31.0 Å². The summed E-state index contributed by atoms with van der Waals surface area (Å²) < 4.78 is 50.2. The summed E-state index contributed by atoms with van der Waals surface area (Å²) in [5, 5.41) is 3.98. The molecule has 6 nitrogen and oxygen atoms in total. The summed E-state index contributed by atoms with van der Waals surface area (Å²) >= 11 is 0. The number of carbonyl (C=O) groups is 1. The van der Waals surface area contributed by atoms with Crippen LogP contribution in [0.4, 0.5) is 13.2 Å². The molecule has 30 heavy (non-hydrogen) atoms. The van der Waals surface area contributed by atoms with E-state index in [2.05, 4.69) is 10.1 Å². The minimum absolute atomic E-state index is 0.0594. The van der Waals surface area contributed by atoms with Gasteiger partial charge in [-0.1, -0.05) is 29.4 Å². The molecule has 1 aliphatic heterocycles. The fraction of sp³-hybridized carbons (Fsp3) is 0.286. The van der Waals surface area contributed by atoms with Crippen molar-refractivity contribution in [3.8, 4) is 17.2 Å². The van der Waals surface area contributed by atoms with Crippen LogP contribution in [0.25, 0.3) is 11.5 Å². The van der Waals surface area contributed by atoms with E-state index < -0.39 is 11.7 Å². The number of carbonyl (C=O) groups excluding carboxylic acids is 1. The standard InChI is InChI=1S/C21H18F3N3O3/c1-29-16-7-4-6-13(9-16)20-25-19(26-30-20)15-10-18(28)27(12-15)11-14-5-2-3-8-17(14)21(22,23)24/h2-9,15H,10-12H2,1H3. The summed E-state index contributed by atoms with van der Waals surface area (Å²) in [5.74, 6) is 0.686. The van der Waals surface area contributed by atoms with Crippen molar-refractivity contribution in [2.75, 3.05) is 13.7 Å². The molecule has 156 valence electrons. The van der Waals surface area contributed by atoms with Gasteiger partial charge >= 0.3 is 6.18 Å². The number of hydrogen-bond donors (Lipinski definition) is 0. The van der Waals surface area contributed by atoms with E-state index in [9.17, 15) is 18.0 Å². The number of hydrogen-bond acceptors (Lipinski definition) is 5. The van der Waals surface area contributed by atoms with E-state index in [1.807, 2.05) is 0 Å². The van der Waals surface area contributed by atoms with Gasteiger partial charge in [0.25, 0.3) is 5.89 Å². The van der Waals surface area contributed by atoms with Crippen LogP contribution in [0.3, 0.4) is 0 Å². The number of halogens is 3. The van der Waals surface area contributed by atoms with Crippen LogP contribution in [0, 0.1) is 0 Å². The molecule has 1 amide bonds. The Morgan fingerprint density at radius 1 is 1.20 bits per heavy atom. The SMILES string of the molecule is COc1cccc(-c2nc(C3CC(=O)N(Cc4ccccc4C(F)(F)F)C3)no2)c1. The Labute approximate surface area is 170 Å². The number of alkyl halides is 3. The maximum atomic E-state index is 13.2. The molecule has 0 N–H and O–H groups in total. The van der Waals surface area contributed by atoms with Crippen LogP contribution in [0.5, 0.6) is 5.75 Å². The fourth-order valence-corrected chi connectivity index (χ4v) is 3.51. The second-order valence-corrected chi connectivity index (χ2v) is 7.02. The predicted molar refractivity (Wildman–Crippen MR) is 101 cm³/mol. The average molecular weight is 417 g/mol. The van der Waals surface area contributed by atoms with Gasteiger partial charge in [0.2, 0.25) is 5.91 Å². The summed E-state index contributed by atoms with van der Waals surface area (Å²) in [6.07, 6.45) is -4.36. The van der Waals surface area contributed by atoms with Crippen LogP contribution in [-0.4, -0.2) is 34.6 Å². The Hall–Kier alpha value is -3.36. The molecule has 0 bridgehead atoms. The highest BCUT2D eigenvalue weighted by atomic mass is 19.4. The third kappa shape index (κ3) is 4.00. The first-order chi connectivity index (χ1) is 14.3. The summed E-state index contributed by atoms with van der Waals surface area (Å²) in [6.45, 7) is 0.105. The summed E-state index contributed by atoms with van der Waals surface area (Å²) in [5.41, 5.74) is -0.00121. The van der Waals surface area contributed by atoms with Gasteiger partial charge in [-0.15, -0.1) is 0 Å². The zero-order valence-electron chi connectivity index (χ0n) is 16.0. The smallest absolute Gasteiger partial charge is 0.416 e. The monoisotopic (exact) mass is 417 g/mol. The first-order valence-electron chi connectivity index (χ1n) is 9.26. The van der Waals surface area contributed by atoms with Crippen LogP contribution >= 0.6 is 0 Å². The van der Waals surface area contributed by atoms with Crippen LogP contribution in [-0.2, 0) is 17.5 Å². The van der Waals surface area contributed by atoms with Gasteiger partial charge in [0.1, 0.15) is 5.75 Å². The average Bonchev–Trinajstić information content (AvgIpc) is 3.35. The third-order valence-electron chi connectivity index (χ3n) is 5.02. The van der Waals surface area contributed by atoms with E-state index in [-0.39, 0.29) is 42.8 Å². The molecular weight excluding hydrogens is 399 g/mol. The van der Waals surface area contributed by atoms with Crippen molar-refractivity contribution in [2.45, 2.75) is 25.1 Å². The zero-order chi connectivity index (χ0) is 21.3. The highest BCUT2D eigenvalue weighted by Crippen LogP contribution is 2.34. The first-order valence-corrected chi connectivity index (χ1v) is 9.26. The largest absolute Gasteiger partial charge is 0.497 e. The number of ether oxygens (including phenoxy) is 1. The van der Waals surface area contributed by atoms with Crippen LogP contribution in [0.1, 0.15) is 29.3 Å². The number of benzene rings is 2. The fourth-order valence-electron chi connectivity index (χ4n) is 3.51. The number of nitrogens with zero attached hydrogens (tertiary/aromatic N) is 3. The normalized spacial score (nSPS) is 16.9. The molecule has 1 aliphatic rings. The highest BCUT2D eigenvalue weighted by molar-refractivity contribution is 5.79. The molecule has 1 saturated heterocycles. The van der Waals surface area contributed by atoms with Crippen molar-refractivity contribution in [3.63, 3.8) is 0 Å².